The van der Waals surface area contributed by atoms with Crippen LogP contribution in [0.25, 0.3) is 5.78 Å². The van der Waals surface area contributed by atoms with E-state index in [1.807, 2.05) is 10.6 Å². The lowest BCUT2D eigenvalue weighted by Gasteiger charge is -2.26. The third-order valence-electron chi connectivity index (χ3n) is 7.09. The molecule has 0 spiro atoms. The molecule has 0 saturated carbocycles. The Bertz CT molecular complexity index is 1380. The van der Waals surface area contributed by atoms with Gasteiger partial charge < -0.3 is 10.1 Å². The molecule has 0 atom stereocenters. The Morgan fingerprint density at radius 1 is 0.974 bits per heavy atom. The van der Waals surface area contributed by atoms with Gasteiger partial charge in [-0.05, 0) is 43.4 Å². The lowest BCUT2D eigenvalue weighted by molar-refractivity contribution is -0.118. The molecule has 2 aromatic heterocycles. The summed E-state index contributed by atoms with van der Waals surface area (Å²) >= 11 is 1.35. The number of benzene rings is 2. The smallest absolute Gasteiger partial charge is 0.253 e. The molecule has 0 unspecified atom stereocenters. The Labute approximate surface area is 234 Å². The zero-order valence-corrected chi connectivity index (χ0v) is 23.5. The van der Waals surface area contributed by atoms with E-state index in [9.17, 15) is 4.79 Å². The Morgan fingerprint density at radius 2 is 1.74 bits per heavy atom. The number of fused-ring (bicyclic) bond motifs is 1. The van der Waals surface area contributed by atoms with Crippen LogP contribution >= 0.6 is 11.8 Å². The number of nitrogens with zero attached hydrogens (tertiary/aromatic N) is 5. The van der Waals surface area contributed by atoms with Crippen molar-refractivity contribution < 1.29 is 9.53 Å². The van der Waals surface area contributed by atoms with E-state index < -0.39 is 0 Å². The molecule has 1 fully saturated rings. The van der Waals surface area contributed by atoms with Gasteiger partial charge in [0, 0.05) is 38.3 Å². The number of thioether (sulfide) groups is 1. The number of nitrogens with one attached hydrogen (secondary N) is 1. The molecule has 1 amide bonds. The highest BCUT2D eigenvalue weighted by atomic mass is 32.2. The molecular formula is C30H36N6O2S. The number of aryl methyl sites for hydroxylation is 4. The van der Waals surface area contributed by atoms with Crippen LogP contribution in [-0.2, 0) is 28.8 Å². The molecule has 8 nitrogen and oxygen atoms in total. The summed E-state index contributed by atoms with van der Waals surface area (Å²) in [7, 11) is 0. The van der Waals surface area contributed by atoms with Gasteiger partial charge in [0.15, 0.2) is 0 Å². The first-order valence-corrected chi connectivity index (χ1v) is 14.6. The van der Waals surface area contributed by atoms with Gasteiger partial charge in [-0.15, -0.1) is 5.10 Å². The first-order chi connectivity index (χ1) is 19.0. The Balaban J connectivity index is 1.29. The van der Waals surface area contributed by atoms with Crippen molar-refractivity contribution in [3.63, 3.8) is 0 Å². The Morgan fingerprint density at radius 3 is 2.51 bits per heavy atom. The monoisotopic (exact) mass is 544 g/mol. The number of hydrogen-bond acceptors (Lipinski definition) is 7. The van der Waals surface area contributed by atoms with E-state index >= 15 is 0 Å². The number of morpholine rings is 1. The van der Waals surface area contributed by atoms with Gasteiger partial charge in [-0.1, -0.05) is 71.9 Å². The predicted molar refractivity (Wildman–Crippen MR) is 154 cm³/mol. The number of carbonyl (C=O) groups excluding carboxylic acids is 1. The summed E-state index contributed by atoms with van der Waals surface area (Å²) in [5.41, 5.74) is 7.05. The third kappa shape index (κ3) is 7.44. The molecule has 9 heteroatoms. The van der Waals surface area contributed by atoms with Gasteiger partial charge in [-0.2, -0.15) is 4.98 Å². The fraction of sp³-hybridized carbons (Fsp3) is 0.400. The molecule has 39 heavy (non-hydrogen) atoms. The van der Waals surface area contributed by atoms with Crippen LogP contribution < -0.4 is 5.32 Å². The second-order valence-corrected chi connectivity index (χ2v) is 10.9. The second-order valence-electron chi connectivity index (χ2n) is 9.97. The normalized spacial score (nSPS) is 14.1. The van der Waals surface area contributed by atoms with E-state index in [1.54, 1.807) is 0 Å². The highest BCUT2D eigenvalue weighted by molar-refractivity contribution is 7.99. The lowest BCUT2D eigenvalue weighted by atomic mass is 9.98. The van der Waals surface area contributed by atoms with Crippen molar-refractivity contribution in [2.24, 2.45) is 0 Å². The van der Waals surface area contributed by atoms with Crippen LogP contribution in [0.4, 0.5) is 0 Å². The Hall–Kier alpha value is -3.27. The zero-order chi connectivity index (χ0) is 27.0. The van der Waals surface area contributed by atoms with E-state index in [-0.39, 0.29) is 11.7 Å². The summed E-state index contributed by atoms with van der Waals surface area (Å²) in [6, 6.07) is 19.2. The molecule has 0 radical (unpaired) electrons. The van der Waals surface area contributed by atoms with Crippen LogP contribution in [0.15, 0.2) is 59.8 Å². The topological polar surface area (TPSA) is 84.7 Å². The number of amides is 1. The van der Waals surface area contributed by atoms with Crippen molar-refractivity contribution in [3.05, 3.63) is 88.2 Å². The van der Waals surface area contributed by atoms with Crippen molar-refractivity contribution in [1.82, 2.24) is 29.8 Å². The number of rotatable bonds is 11. The first-order valence-electron chi connectivity index (χ1n) is 13.6. The summed E-state index contributed by atoms with van der Waals surface area (Å²) in [5.74, 6) is 0.842. The first kappa shape index (κ1) is 27.3. The van der Waals surface area contributed by atoms with E-state index in [0.29, 0.717) is 17.5 Å². The maximum absolute atomic E-state index is 12.4. The molecule has 2 aromatic carbocycles. The average molecular weight is 545 g/mol. The fourth-order valence-corrected chi connectivity index (χ4v) is 5.43. The molecule has 1 aliphatic heterocycles. The van der Waals surface area contributed by atoms with E-state index in [4.69, 9.17) is 14.8 Å². The molecule has 4 aromatic rings. The van der Waals surface area contributed by atoms with Crippen LogP contribution in [0, 0.1) is 13.8 Å². The number of ether oxygens (including phenoxy) is 1. The largest absolute Gasteiger partial charge is 0.379 e. The van der Waals surface area contributed by atoms with Gasteiger partial charge in [0.25, 0.3) is 5.78 Å². The molecular weight excluding hydrogens is 508 g/mol. The molecule has 3 heterocycles. The molecule has 0 bridgehead atoms. The minimum absolute atomic E-state index is 0.0135. The fourth-order valence-electron chi connectivity index (χ4n) is 4.78. The van der Waals surface area contributed by atoms with Crippen molar-refractivity contribution in [1.29, 1.82) is 0 Å². The van der Waals surface area contributed by atoms with Crippen LogP contribution in [0.5, 0.6) is 0 Å². The van der Waals surface area contributed by atoms with Gasteiger partial charge in [0.1, 0.15) is 0 Å². The van der Waals surface area contributed by atoms with Gasteiger partial charge in [0.2, 0.25) is 11.1 Å². The highest BCUT2D eigenvalue weighted by Crippen LogP contribution is 2.22. The third-order valence-corrected chi connectivity index (χ3v) is 7.93. The van der Waals surface area contributed by atoms with Gasteiger partial charge in [0.05, 0.1) is 24.7 Å². The van der Waals surface area contributed by atoms with Crippen LogP contribution in [0.3, 0.4) is 0 Å². The van der Waals surface area contributed by atoms with E-state index in [0.717, 1.165) is 63.5 Å². The SMILES string of the molecule is Cc1ccc(Cc2c(CCc3ccccc3)nc3nc(SCC(=O)NCCN4CCOCC4)nn3c2C)cc1. The summed E-state index contributed by atoms with van der Waals surface area (Å²) in [6.45, 7) is 9.02. The second kappa shape index (κ2) is 13.2. The van der Waals surface area contributed by atoms with Crippen molar-refractivity contribution in [3.8, 4) is 0 Å². The highest BCUT2D eigenvalue weighted by Gasteiger charge is 2.17. The standard InChI is InChI=1S/C30H36N6O2S/c1-22-8-10-25(11-9-22)20-26-23(2)36-29(32-27(26)13-12-24-6-4-3-5-7-24)33-30(34-36)39-21-28(37)31-14-15-35-16-18-38-19-17-35/h3-11H,12-21H2,1-2H3,(H,31,37). The van der Waals surface area contributed by atoms with Gasteiger partial charge >= 0.3 is 0 Å². The Kier molecular flexibility index (Phi) is 9.23. The number of aromatic nitrogens is 4. The van der Waals surface area contributed by atoms with Crippen LogP contribution in [0.1, 0.15) is 33.6 Å². The molecule has 1 N–H and O–H groups in total. The predicted octanol–water partition coefficient (Wildman–Crippen LogP) is 3.66. The summed E-state index contributed by atoms with van der Waals surface area (Å²) in [5, 5.41) is 8.29. The van der Waals surface area contributed by atoms with Crippen LogP contribution in [0.2, 0.25) is 0 Å². The maximum Gasteiger partial charge on any atom is 0.253 e. The van der Waals surface area contributed by atoms with Crippen LogP contribution in [-0.4, -0.2) is 75.5 Å². The van der Waals surface area contributed by atoms with E-state index in [2.05, 4.69) is 77.6 Å². The van der Waals surface area contributed by atoms with E-state index in [1.165, 1.54) is 34.0 Å². The summed E-state index contributed by atoms with van der Waals surface area (Å²) in [6.07, 6.45) is 2.52. The summed E-state index contributed by atoms with van der Waals surface area (Å²) in [4.78, 5) is 24.4. The molecule has 1 saturated heterocycles. The molecule has 204 valence electrons. The molecule has 1 aliphatic rings. The lowest BCUT2D eigenvalue weighted by Crippen LogP contribution is -2.41. The summed E-state index contributed by atoms with van der Waals surface area (Å²) < 4.78 is 7.20. The van der Waals surface area contributed by atoms with Crippen molar-refractivity contribution in [2.45, 2.75) is 38.3 Å². The maximum atomic E-state index is 12.4. The molecule has 0 aliphatic carbocycles. The minimum atomic E-state index is -0.0135. The zero-order valence-electron chi connectivity index (χ0n) is 22.7. The quantitative estimate of drug-likeness (QED) is 0.289. The van der Waals surface area contributed by atoms with Gasteiger partial charge in [-0.25, -0.2) is 9.50 Å². The van der Waals surface area contributed by atoms with Crippen molar-refractivity contribution >= 4 is 23.4 Å². The average Bonchev–Trinajstić information content (AvgIpc) is 3.38. The molecule has 5 rings (SSSR count). The van der Waals surface area contributed by atoms with Gasteiger partial charge in [-0.3, -0.25) is 9.69 Å². The number of carbonyl (C=O) groups is 1. The minimum Gasteiger partial charge on any atom is -0.379 e. The number of hydrogen-bond donors (Lipinski definition) is 1. The van der Waals surface area contributed by atoms with Crippen molar-refractivity contribution in [2.75, 3.05) is 45.1 Å².